The zero-order valence-electron chi connectivity index (χ0n) is 6.58. The molecule has 6 heteroatoms. The Morgan fingerprint density at radius 3 is 2.67 bits per heavy atom. The van der Waals surface area contributed by atoms with E-state index in [2.05, 4.69) is 0 Å². The van der Waals surface area contributed by atoms with Crippen molar-refractivity contribution in [3.63, 3.8) is 0 Å². The normalized spacial score (nSPS) is 42.6. The zero-order valence-corrected chi connectivity index (χ0v) is 6.58. The van der Waals surface area contributed by atoms with Gasteiger partial charge in [-0.15, -0.1) is 0 Å². The molecule has 0 spiro atoms. The standard InChI is InChI=1S/C6H11NO5/c1-3-2-4(7(10)11)5(8)6(9)12-3/h3-6,8-9H,2H2,1H3/t3?,4?,5?,6-/m0/s1. The van der Waals surface area contributed by atoms with Crippen LogP contribution in [0.1, 0.15) is 13.3 Å². The third kappa shape index (κ3) is 1.71. The summed E-state index contributed by atoms with van der Waals surface area (Å²) in [7, 11) is 0. The average molecular weight is 177 g/mol. The summed E-state index contributed by atoms with van der Waals surface area (Å²) in [5.74, 6) is 0. The van der Waals surface area contributed by atoms with Crippen LogP contribution in [0.25, 0.3) is 0 Å². The summed E-state index contributed by atoms with van der Waals surface area (Å²) in [6.45, 7) is 1.62. The van der Waals surface area contributed by atoms with Crippen molar-refractivity contribution in [2.75, 3.05) is 0 Å². The van der Waals surface area contributed by atoms with Gasteiger partial charge in [-0.3, -0.25) is 10.1 Å². The summed E-state index contributed by atoms with van der Waals surface area (Å²) in [5, 5.41) is 28.4. The molecule has 4 atom stereocenters. The van der Waals surface area contributed by atoms with E-state index in [4.69, 9.17) is 14.9 Å². The minimum atomic E-state index is -1.44. The van der Waals surface area contributed by atoms with E-state index in [0.717, 1.165) is 0 Å². The van der Waals surface area contributed by atoms with Crippen molar-refractivity contribution in [1.29, 1.82) is 0 Å². The molecule has 1 heterocycles. The molecule has 1 aliphatic heterocycles. The smallest absolute Gasteiger partial charge is 0.246 e. The van der Waals surface area contributed by atoms with Gasteiger partial charge in [0.1, 0.15) is 0 Å². The van der Waals surface area contributed by atoms with E-state index in [1.165, 1.54) is 0 Å². The molecule has 0 radical (unpaired) electrons. The van der Waals surface area contributed by atoms with Crippen molar-refractivity contribution in [2.45, 2.75) is 37.9 Å². The maximum Gasteiger partial charge on any atom is 0.246 e. The Morgan fingerprint density at radius 1 is 1.58 bits per heavy atom. The molecule has 12 heavy (non-hydrogen) atoms. The molecule has 0 aliphatic carbocycles. The summed E-state index contributed by atoms with van der Waals surface area (Å²) < 4.78 is 4.78. The van der Waals surface area contributed by atoms with E-state index in [1.54, 1.807) is 6.92 Å². The molecule has 0 aromatic carbocycles. The summed E-state index contributed by atoms with van der Waals surface area (Å²) in [6.07, 6.45) is -3.12. The van der Waals surface area contributed by atoms with Gasteiger partial charge in [0, 0.05) is 11.3 Å². The van der Waals surface area contributed by atoms with Crippen molar-refractivity contribution in [3.8, 4) is 0 Å². The second-order valence-corrected chi connectivity index (χ2v) is 2.92. The summed E-state index contributed by atoms with van der Waals surface area (Å²) in [6, 6.07) is -1.12. The Hall–Kier alpha value is -0.720. The largest absolute Gasteiger partial charge is 0.381 e. The first-order valence-corrected chi connectivity index (χ1v) is 3.67. The Morgan fingerprint density at radius 2 is 2.17 bits per heavy atom. The number of nitrogens with zero attached hydrogens (tertiary/aromatic N) is 1. The lowest BCUT2D eigenvalue weighted by Gasteiger charge is -2.30. The van der Waals surface area contributed by atoms with Crippen LogP contribution in [-0.2, 0) is 4.74 Å². The number of hydrogen-bond donors (Lipinski definition) is 2. The first kappa shape index (κ1) is 9.37. The number of aliphatic hydroxyl groups excluding tert-OH is 2. The molecule has 70 valence electrons. The second kappa shape index (κ2) is 3.34. The van der Waals surface area contributed by atoms with Crippen LogP contribution < -0.4 is 0 Å². The number of aliphatic hydroxyl groups is 2. The fourth-order valence-electron chi connectivity index (χ4n) is 1.25. The Kier molecular flexibility index (Phi) is 2.61. The van der Waals surface area contributed by atoms with E-state index in [1.807, 2.05) is 0 Å². The lowest BCUT2D eigenvalue weighted by atomic mass is 10.0. The molecule has 1 saturated heterocycles. The zero-order chi connectivity index (χ0) is 9.30. The number of hydrogen-bond acceptors (Lipinski definition) is 5. The van der Waals surface area contributed by atoms with Crippen molar-refractivity contribution in [2.24, 2.45) is 0 Å². The third-order valence-electron chi connectivity index (χ3n) is 1.90. The van der Waals surface area contributed by atoms with E-state index in [-0.39, 0.29) is 6.42 Å². The lowest BCUT2D eigenvalue weighted by molar-refractivity contribution is -0.550. The Balaban J connectivity index is 2.66. The van der Waals surface area contributed by atoms with Gasteiger partial charge in [-0.2, -0.15) is 0 Å². The van der Waals surface area contributed by atoms with Crippen LogP contribution in [0.15, 0.2) is 0 Å². The van der Waals surface area contributed by atoms with Crippen molar-refractivity contribution >= 4 is 0 Å². The minimum Gasteiger partial charge on any atom is -0.381 e. The van der Waals surface area contributed by atoms with Gasteiger partial charge in [-0.25, -0.2) is 0 Å². The maximum atomic E-state index is 10.3. The molecular weight excluding hydrogens is 166 g/mol. The van der Waals surface area contributed by atoms with E-state index in [0.29, 0.717) is 0 Å². The fraction of sp³-hybridized carbons (Fsp3) is 1.00. The van der Waals surface area contributed by atoms with Crippen LogP contribution in [0.2, 0.25) is 0 Å². The minimum absolute atomic E-state index is 0.130. The highest BCUT2D eigenvalue weighted by Crippen LogP contribution is 2.20. The monoisotopic (exact) mass is 177 g/mol. The molecular formula is C6H11NO5. The van der Waals surface area contributed by atoms with Crippen molar-refractivity contribution in [3.05, 3.63) is 10.1 Å². The number of rotatable bonds is 1. The van der Waals surface area contributed by atoms with Crippen molar-refractivity contribution < 1.29 is 19.9 Å². The summed E-state index contributed by atoms with van der Waals surface area (Å²) >= 11 is 0. The molecule has 0 aromatic rings. The highest BCUT2D eigenvalue weighted by atomic mass is 16.6. The van der Waals surface area contributed by atoms with E-state index in [9.17, 15) is 10.1 Å². The van der Waals surface area contributed by atoms with Crippen LogP contribution in [-0.4, -0.2) is 39.7 Å². The third-order valence-corrected chi connectivity index (χ3v) is 1.90. The quantitative estimate of drug-likeness (QED) is 0.400. The van der Waals surface area contributed by atoms with Crippen LogP contribution in [0.5, 0.6) is 0 Å². The molecule has 6 nitrogen and oxygen atoms in total. The molecule has 0 aromatic heterocycles. The molecule has 0 bridgehead atoms. The van der Waals surface area contributed by atoms with Gasteiger partial charge < -0.3 is 14.9 Å². The number of nitro groups is 1. The van der Waals surface area contributed by atoms with E-state index < -0.39 is 29.5 Å². The molecule has 0 amide bonds. The van der Waals surface area contributed by atoms with Gasteiger partial charge in [0.15, 0.2) is 12.4 Å². The van der Waals surface area contributed by atoms with Gasteiger partial charge in [0.05, 0.1) is 6.10 Å². The lowest BCUT2D eigenvalue weighted by Crippen LogP contribution is -2.50. The predicted molar refractivity (Wildman–Crippen MR) is 38.0 cm³/mol. The Labute approximate surface area is 68.9 Å². The van der Waals surface area contributed by atoms with Crippen LogP contribution in [0.3, 0.4) is 0 Å². The Bertz CT molecular complexity index is 185. The van der Waals surface area contributed by atoms with Gasteiger partial charge in [-0.05, 0) is 6.92 Å². The maximum absolute atomic E-state index is 10.3. The highest BCUT2D eigenvalue weighted by Gasteiger charge is 2.42. The number of ether oxygens (including phenoxy) is 1. The molecule has 3 unspecified atom stereocenters. The molecule has 1 fully saturated rings. The molecule has 0 saturated carbocycles. The van der Waals surface area contributed by atoms with Gasteiger partial charge in [-0.1, -0.05) is 0 Å². The van der Waals surface area contributed by atoms with Gasteiger partial charge in [0.25, 0.3) is 0 Å². The predicted octanol–water partition coefficient (Wildman–Crippen LogP) is -0.880. The first-order valence-electron chi connectivity index (χ1n) is 3.67. The first-order chi connectivity index (χ1) is 5.52. The topological polar surface area (TPSA) is 92.8 Å². The molecule has 2 N–H and O–H groups in total. The average Bonchev–Trinajstić information content (AvgIpc) is 1.96. The van der Waals surface area contributed by atoms with Crippen LogP contribution in [0.4, 0.5) is 0 Å². The van der Waals surface area contributed by atoms with Crippen LogP contribution >= 0.6 is 0 Å². The van der Waals surface area contributed by atoms with Gasteiger partial charge >= 0.3 is 0 Å². The summed E-state index contributed by atoms with van der Waals surface area (Å²) in [5.41, 5.74) is 0. The highest BCUT2D eigenvalue weighted by molar-refractivity contribution is 4.78. The van der Waals surface area contributed by atoms with E-state index >= 15 is 0 Å². The van der Waals surface area contributed by atoms with Crippen LogP contribution in [0, 0.1) is 10.1 Å². The van der Waals surface area contributed by atoms with Crippen molar-refractivity contribution in [1.82, 2.24) is 0 Å². The summed E-state index contributed by atoms with van der Waals surface area (Å²) in [4.78, 5) is 9.74. The van der Waals surface area contributed by atoms with Gasteiger partial charge in [0.2, 0.25) is 6.04 Å². The molecule has 1 aliphatic rings. The fourth-order valence-corrected chi connectivity index (χ4v) is 1.25. The SMILES string of the molecule is CC1CC([N+](=O)[O-])C(O)[C@@H](O)O1. The second-order valence-electron chi connectivity index (χ2n) is 2.92. The molecule has 1 rings (SSSR count).